The lowest BCUT2D eigenvalue weighted by Gasteiger charge is -2.29. The number of carbonyl (C=O) groups is 1. The van der Waals surface area contributed by atoms with Gasteiger partial charge in [-0.1, -0.05) is 0 Å². The monoisotopic (exact) mass is 284 g/mol. The maximum Gasteiger partial charge on any atom is 0.224 e. The molecule has 0 saturated carbocycles. The van der Waals surface area contributed by atoms with E-state index in [1.165, 1.54) is 24.0 Å². The molecule has 2 N–H and O–H groups in total. The van der Waals surface area contributed by atoms with Gasteiger partial charge in [-0.2, -0.15) is 0 Å². The maximum atomic E-state index is 12.0. The summed E-state index contributed by atoms with van der Waals surface area (Å²) in [5, 5.41) is 0. The molecule has 2 rings (SSSR count). The average molecular weight is 284 g/mol. The Kier molecular flexibility index (Phi) is 3.77. The topological polar surface area (TPSA) is 89.7 Å². The van der Waals surface area contributed by atoms with E-state index in [2.05, 4.69) is 0 Å². The number of nitrogens with zero attached hydrogens (tertiary/aromatic N) is 1. The van der Waals surface area contributed by atoms with Crippen molar-refractivity contribution >= 4 is 21.4 Å². The third-order valence-electron chi connectivity index (χ3n) is 2.92. The third-order valence-corrected chi connectivity index (χ3v) is 4.66. The van der Waals surface area contributed by atoms with E-state index >= 15 is 0 Å². The number of hydrogen-bond acceptors (Lipinski definition) is 5. The third kappa shape index (κ3) is 2.71. The fourth-order valence-corrected chi connectivity index (χ4v) is 3.10. The van der Waals surface area contributed by atoms with Crippen LogP contribution in [0, 0.1) is 0 Å². The van der Waals surface area contributed by atoms with Crippen LogP contribution >= 0.6 is 0 Å². The normalized spacial score (nSPS) is 14.7. The molecule has 1 amide bonds. The van der Waals surface area contributed by atoms with Gasteiger partial charge in [0.25, 0.3) is 0 Å². The average Bonchev–Trinajstić information content (AvgIpc) is 2.37. The van der Waals surface area contributed by atoms with Gasteiger partial charge in [0.2, 0.25) is 5.91 Å². The van der Waals surface area contributed by atoms with Crippen LogP contribution in [0.25, 0.3) is 0 Å². The molecule has 1 aliphatic rings. The molecule has 0 atom stereocenters. The largest absolute Gasteiger partial charge is 0.490 e. The molecule has 1 aliphatic heterocycles. The summed E-state index contributed by atoms with van der Waals surface area (Å²) in [6, 6.07) is 4.53. The van der Waals surface area contributed by atoms with E-state index in [-0.39, 0.29) is 23.1 Å². The molecular weight excluding hydrogens is 268 g/mol. The fourth-order valence-electron chi connectivity index (χ4n) is 1.99. The van der Waals surface area contributed by atoms with Crippen molar-refractivity contribution in [3.8, 4) is 5.75 Å². The van der Waals surface area contributed by atoms with Crippen molar-refractivity contribution < 1.29 is 17.9 Å². The Morgan fingerprint density at radius 1 is 1.47 bits per heavy atom. The molecule has 0 fully saturated rings. The van der Waals surface area contributed by atoms with E-state index < -0.39 is 9.84 Å². The van der Waals surface area contributed by atoms with Gasteiger partial charge in [-0.15, -0.1) is 0 Å². The number of rotatable bonds is 3. The Labute approximate surface area is 112 Å². The minimum atomic E-state index is -3.41. The molecule has 1 heterocycles. The number of nitrogens with two attached hydrogens (primary N) is 1. The van der Waals surface area contributed by atoms with Crippen molar-refractivity contribution in [1.82, 2.24) is 0 Å². The summed E-state index contributed by atoms with van der Waals surface area (Å²) in [4.78, 5) is 13.2. The molecule has 0 saturated heterocycles. The van der Waals surface area contributed by atoms with Crippen LogP contribution in [0.3, 0.4) is 0 Å². The number of benzene rings is 1. The van der Waals surface area contributed by atoms with Gasteiger partial charge in [0.15, 0.2) is 9.84 Å². The van der Waals surface area contributed by atoms with Crippen LogP contribution in [-0.4, -0.2) is 39.8 Å². The van der Waals surface area contributed by atoms with Crippen LogP contribution in [0.1, 0.15) is 6.92 Å². The van der Waals surface area contributed by atoms with Crippen molar-refractivity contribution in [1.29, 1.82) is 0 Å². The quantitative estimate of drug-likeness (QED) is 0.854. The highest BCUT2D eigenvalue weighted by molar-refractivity contribution is 7.91. The Morgan fingerprint density at radius 3 is 2.84 bits per heavy atom. The summed E-state index contributed by atoms with van der Waals surface area (Å²) < 4.78 is 29.4. The molecule has 19 heavy (non-hydrogen) atoms. The van der Waals surface area contributed by atoms with Crippen molar-refractivity contribution in [2.75, 3.05) is 30.3 Å². The Balaban J connectivity index is 2.47. The molecule has 1 aromatic rings. The molecule has 0 radical (unpaired) electrons. The van der Waals surface area contributed by atoms with Crippen LogP contribution in [0.4, 0.5) is 5.69 Å². The van der Waals surface area contributed by atoms with Gasteiger partial charge < -0.3 is 15.4 Å². The first-order valence-electron chi connectivity index (χ1n) is 5.93. The first-order valence-corrected chi connectivity index (χ1v) is 7.59. The summed E-state index contributed by atoms with van der Waals surface area (Å²) in [5.74, 6) is 0.262. The number of anilines is 1. The van der Waals surface area contributed by atoms with Crippen molar-refractivity contribution in [3.63, 3.8) is 0 Å². The summed E-state index contributed by atoms with van der Waals surface area (Å²) in [6.07, 6.45) is 0. The second-order valence-corrected chi connectivity index (χ2v) is 6.37. The number of hydrogen-bond donors (Lipinski definition) is 1. The second kappa shape index (κ2) is 5.18. The molecule has 0 bridgehead atoms. The predicted octanol–water partition coefficient (Wildman–Crippen LogP) is 0.164. The van der Waals surface area contributed by atoms with Crippen molar-refractivity contribution in [2.45, 2.75) is 11.8 Å². The van der Waals surface area contributed by atoms with Gasteiger partial charge in [0.1, 0.15) is 12.4 Å². The van der Waals surface area contributed by atoms with Crippen molar-refractivity contribution in [2.24, 2.45) is 5.73 Å². The smallest absolute Gasteiger partial charge is 0.224 e. The molecule has 1 aromatic carbocycles. The second-order valence-electron chi connectivity index (χ2n) is 4.26. The molecule has 0 aliphatic carbocycles. The lowest BCUT2D eigenvalue weighted by molar-refractivity contribution is -0.116. The fraction of sp³-hybridized carbons (Fsp3) is 0.417. The van der Waals surface area contributed by atoms with E-state index in [1.54, 1.807) is 6.07 Å². The standard InChI is InChI=1S/C12H16N2O4S/c1-9(15)14-5-6-18-12-3-2-10(8-11(12)14)19(16,17)7-4-13/h2-3,8H,4-7,13H2,1H3. The van der Waals surface area contributed by atoms with E-state index in [9.17, 15) is 13.2 Å². The minimum Gasteiger partial charge on any atom is -0.490 e. The zero-order chi connectivity index (χ0) is 14.0. The first kappa shape index (κ1) is 13.8. The highest BCUT2D eigenvalue weighted by Crippen LogP contribution is 2.34. The number of carbonyl (C=O) groups excluding carboxylic acids is 1. The van der Waals surface area contributed by atoms with Crippen molar-refractivity contribution in [3.05, 3.63) is 18.2 Å². The summed E-state index contributed by atoms with van der Waals surface area (Å²) in [7, 11) is -3.41. The Morgan fingerprint density at radius 2 is 2.21 bits per heavy atom. The Bertz CT molecular complexity index is 598. The maximum absolute atomic E-state index is 12.0. The minimum absolute atomic E-state index is 0.0618. The molecule has 7 heteroatoms. The van der Waals surface area contributed by atoms with Crippen LogP contribution < -0.4 is 15.4 Å². The van der Waals surface area contributed by atoms with Gasteiger partial charge in [-0.05, 0) is 18.2 Å². The molecule has 104 valence electrons. The van der Waals surface area contributed by atoms with E-state index in [4.69, 9.17) is 10.5 Å². The number of fused-ring (bicyclic) bond motifs is 1. The summed E-state index contributed by atoms with van der Waals surface area (Å²) in [5.41, 5.74) is 5.79. The number of sulfone groups is 1. The number of amides is 1. The molecule has 0 aromatic heterocycles. The molecule has 6 nitrogen and oxygen atoms in total. The SMILES string of the molecule is CC(=O)N1CCOc2ccc(S(=O)(=O)CCN)cc21. The van der Waals surface area contributed by atoms with Crippen LogP contribution in [0.2, 0.25) is 0 Å². The zero-order valence-corrected chi connectivity index (χ0v) is 11.4. The molecule has 0 spiro atoms. The molecule has 0 unspecified atom stereocenters. The van der Waals surface area contributed by atoms with Gasteiger partial charge in [-0.25, -0.2) is 8.42 Å². The first-order chi connectivity index (χ1) is 8.95. The van der Waals surface area contributed by atoms with Gasteiger partial charge >= 0.3 is 0 Å². The van der Waals surface area contributed by atoms with E-state index in [0.717, 1.165) is 0 Å². The predicted molar refractivity (Wildman–Crippen MR) is 71.1 cm³/mol. The van der Waals surface area contributed by atoms with E-state index in [1.807, 2.05) is 0 Å². The van der Waals surface area contributed by atoms with Crippen LogP contribution in [-0.2, 0) is 14.6 Å². The number of ether oxygens (including phenoxy) is 1. The summed E-state index contributed by atoms with van der Waals surface area (Å²) in [6.45, 7) is 2.33. The van der Waals surface area contributed by atoms with Gasteiger partial charge in [-0.3, -0.25) is 4.79 Å². The highest BCUT2D eigenvalue weighted by atomic mass is 32.2. The summed E-state index contributed by atoms with van der Waals surface area (Å²) >= 11 is 0. The lowest BCUT2D eigenvalue weighted by Crippen LogP contribution is -2.36. The van der Waals surface area contributed by atoms with Crippen LogP contribution in [0.15, 0.2) is 23.1 Å². The molecular formula is C12H16N2O4S. The van der Waals surface area contributed by atoms with Gasteiger partial charge in [0, 0.05) is 13.5 Å². The highest BCUT2D eigenvalue weighted by Gasteiger charge is 2.24. The lowest BCUT2D eigenvalue weighted by atomic mass is 10.2. The van der Waals surface area contributed by atoms with Crippen LogP contribution in [0.5, 0.6) is 5.75 Å². The van der Waals surface area contributed by atoms with Gasteiger partial charge in [0.05, 0.1) is 22.9 Å². The Hall–Kier alpha value is -1.60. The van der Waals surface area contributed by atoms with E-state index in [0.29, 0.717) is 24.6 Å². The zero-order valence-electron chi connectivity index (χ0n) is 10.6.